The van der Waals surface area contributed by atoms with Crippen LogP contribution in [0.3, 0.4) is 0 Å². The Labute approximate surface area is 79.3 Å². The first kappa shape index (κ1) is 8.55. The molecule has 0 radical (unpaired) electrons. The van der Waals surface area contributed by atoms with Crippen LogP contribution in [-0.2, 0) is 9.53 Å². The third-order valence-corrected chi connectivity index (χ3v) is 1.94. The smallest absolute Gasteiger partial charge is 0.415 e. The topological polar surface area (TPSA) is 75.6 Å². The number of hydrogen-bond donors (Lipinski definition) is 2. The standard InChI is InChI=1S/C9H7NO4/c11-6-4-2-1-3-5(6)7-8(12)14-9(13)10-7/h1-4,7,11H,(H,10,13)/t7-/m0/s1. The van der Waals surface area contributed by atoms with Gasteiger partial charge in [0.15, 0.2) is 6.04 Å². The maximum atomic E-state index is 11.1. The number of rotatable bonds is 1. The number of aromatic hydroxyl groups is 1. The number of para-hydroxylation sites is 1. The van der Waals surface area contributed by atoms with E-state index in [0.29, 0.717) is 5.56 Å². The Morgan fingerprint density at radius 2 is 2.00 bits per heavy atom. The van der Waals surface area contributed by atoms with Gasteiger partial charge in [0.25, 0.3) is 0 Å². The van der Waals surface area contributed by atoms with Crippen molar-refractivity contribution in [2.75, 3.05) is 0 Å². The van der Waals surface area contributed by atoms with Crippen molar-refractivity contribution in [3.8, 4) is 5.75 Å². The lowest BCUT2D eigenvalue weighted by atomic mass is 10.1. The van der Waals surface area contributed by atoms with Crippen molar-refractivity contribution >= 4 is 12.1 Å². The third-order valence-electron chi connectivity index (χ3n) is 1.94. The van der Waals surface area contributed by atoms with Crippen LogP contribution in [0.2, 0.25) is 0 Å². The summed E-state index contributed by atoms with van der Waals surface area (Å²) in [5.41, 5.74) is 0.336. The molecule has 1 aliphatic heterocycles. The molecule has 1 heterocycles. The molecule has 1 amide bonds. The minimum absolute atomic E-state index is 0.0448. The lowest BCUT2D eigenvalue weighted by molar-refractivity contribution is -0.135. The molecule has 1 aliphatic rings. The maximum absolute atomic E-state index is 11.1. The Hall–Kier alpha value is -2.04. The van der Waals surface area contributed by atoms with Crippen LogP contribution in [0.4, 0.5) is 4.79 Å². The Kier molecular flexibility index (Phi) is 1.85. The fraction of sp³-hybridized carbons (Fsp3) is 0.111. The number of benzene rings is 1. The predicted octanol–water partition coefficient (Wildman–Crippen LogP) is 0.700. The van der Waals surface area contributed by atoms with Crippen LogP contribution < -0.4 is 5.32 Å². The Balaban J connectivity index is 2.36. The van der Waals surface area contributed by atoms with Crippen LogP contribution in [0.15, 0.2) is 24.3 Å². The van der Waals surface area contributed by atoms with Gasteiger partial charge in [-0.25, -0.2) is 9.59 Å². The van der Waals surface area contributed by atoms with Crippen LogP contribution in [0.5, 0.6) is 5.75 Å². The van der Waals surface area contributed by atoms with E-state index in [4.69, 9.17) is 0 Å². The summed E-state index contributed by atoms with van der Waals surface area (Å²) in [7, 11) is 0. The van der Waals surface area contributed by atoms with Crippen LogP contribution >= 0.6 is 0 Å². The number of esters is 1. The molecule has 5 nitrogen and oxygen atoms in total. The van der Waals surface area contributed by atoms with E-state index in [-0.39, 0.29) is 5.75 Å². The van der Waals surface area contributed by atoms with Gasteiger partial charge in [-0.15, -0.1) is 0 Å². The van der Waals surface area contributed by atoms with E-state index in [1.807, 2.05) is 0 Å². The summed E-state index contributed by atoms with van der Waals surface area (Å²) in [6.45, 7) is 0. The van der Waals surface area contributed by atoms with Gasteiger partial charge < -0.3 is 15.2 Å². The lowest BCUT2D eigenvalue weighted by Gasteiger charge is -2.07. The van der Waals surface area contributed by atoms with E-state index in [0.717, 1.165) is 0 Å². The minimum Gasteiger partial charge on any atom is -0.508 e. The number of ether oxygens (including phenoxy) is 1. The monoisotopic (exact) mass is 193 g/mol. The number of amides is 1. The van der Waals surface area contributed by atoms with Crippen molar-refractivity contribution < 1.29 is 19.4 Å². The summed E-state index contributed by atoms with van der Waals surface area (Å²) in [4.78, 5) is 21.8. The summed E-state index contributed by atoms with van der Waals surface area (Å²) < 4.78 is 4.28. The molecule has 0 bridgehead atoms. The van der Waals surface area contributed by atoms with Crippen molar-refractivity contribution in [1.82, 2.24) is 5.32 Å². The first-order valence-electron chi connectivity index (χ1n) is 3.98. The number of alkyl carbamates (subject to hydrolysis) is 1. The van der Waals surface area contributed by atoms with Gasteiger partial charge in [0.05, 0.1) is 0 Å². The van der Waals surface area contributed by atoms with E-state index in [1.165, 1.54) is 6.07 Å². The first-order valence-corrected chi connectivity index (χ1v) is 3.98. The predicted molar refractivity (Wildman–Crippen MR) is 45.5 cm³/mol. The number of phenolic OH excluding ortho intramolecular Hbond substituents is 1. The normalized spacial score (nSPS) is 20.4. The molecule has 2 N–H and O–H groups in total. The molecule has 2 rings (SSSR count). The highest BCUT2D eigenvalue weighted by Crippen LogP contribution is 2.26. The average Bonchev–Trinajstić information content (AvgIpc) is 2.46. The number of carbonyl (C=O) groups is 2. The molecule has 1 fully saturated rings. The summed E-state index contributed by atoms with van der Waals surface area (Å²) in [6, 6.07) is 5.37. The highest BCUT2D eigenvalue weighted by molar-refractivity contribution is 5.96. The van der Waals surface area contributed by atoms with Crippen molar-refractivity contribution in [3.05, 3.63) is 29.8 Å². The van der Waals surface area contributed by atoms with Gasteiger partial charge in [-0.1, -0.05) is 18.2 Å². The quantitative estimate of drug-likeness (QED) is 0.508. The number of hydrogen-bond acceptors (Lipinski definition) is 4. The largest absolute Gasteiger partial charge is 0.508 e. The van der Waals surface area contributed by atoms with Gasteiger partial charge >= 0.3 is 12.1 Å². The molecule has 0 aromatic heterocycles. The zero-order chi connectivity index (χ0) is 10.1. The van der Waals surface area contributed by atoms with Crippen molar-refractivity contribution in [3.63, 3.8) is 0 Å². The SMILES string of the molecule is O=C1N[C@@H](c2ccccc2O)C(=O)O1. The molecular weight excluding hydrogens is 186 g/mol. The molecule has 0 spiro atoms. The molecule has 0 saturated carbocycles. The zero-order valence-corrected chi connectivity index (χ0v) is 7.06. The second kappa shape index (κ2) is 3.02. The van der Waals surface area contributed by atoms with E-state index in [9.17, 15) is 14.7 Å². The number of phenols is 1. The van der Waals surface area contributed by atoms with Gasteiger partial charge in [0, 0.05) is 5.56 Å². The molecule has 1 atom stereocenters. The second-order valence-electron chi connectivity index (χ2n) is 2.84. The average molecular weight is 193 g/mol. The summed E-state index contributed by atoms with van der Waals surface area (Å²) >= 11 is 0. The number of nitrogens with one attached hydrogen (secondary N) is 1. The van der Waals surface area contributed by atoms with Crippen LogP contribution in [0.25, 0.3) is 0 Å². The fourth-order valence-corrected chi connectivity index (χ4v) is 1.29. The molecule has 14 heavy (non-hydrogen) atoms. The molecule has 1 saturated heterocycles. The molecule has 0 unspecified atom stereocenters. The summed E-state index contributed by atoms with van der Waals surface area (Å²) in [5, 5.41) is 11.7. The summed E-state index contributed by atoms with van der Waals surface area (Å²) in [5.74, 6) is -0.742. The molecule has 5 heteroatoms. The van der Waals surface area contributed by atoms with Crippen LogP contribution in [0.1, 0.15) is 11.6 Å². The van der Waals surface area contributed by atoms with E-state index in [2.05, 4.69) is 10.1 Å². The first-order chi connectivity index (χ1) is 6.68. The van der Waals surface area contributed by atoms with E-state index in [1.54, 1.807) is 18.2 Å². The molecule has 1 aromatic rings. The Morgan fingerprint density at radius 3 is 2.57 bits per heavy atom. The van der Waals surface area contributed by atoms with Gasteiger partial charge in [-0.2, -0.15) is 0 Å². The molecule has 0 aliphatic carbocycles. The van der Waals surface area contributed by atoms with Gasteiger partial charge in [-0.3, -0.25) is 0 Å². The highest BCUT2D eigenvalue weighted by atomic mass is 16.6. The fourth-order valence-electron chi connectivity index (χ4n) is 1.29. The maximum Gasteiger partial charge on any atom is 0.415 e. The van der Waals surface area contributed by atoms with E-state index < -0.39 is 18.1 Å². The van der Waals surface area contributed by atoms with Crippen molar-refractivity contribution in [2.45, 2.75) is 6.04 Å². The van der Waals surface area contributed by atoms with Gasteiger partial charge in [0.2, 0.25) is 0 Å². The van der Waals surface area contributed by atoms with Gasteiger partial charge in [-0.05, 0) is 6.07 Å². The van der Waals surface area contributed by atoms with E-state index >= 15 is 0 Å². The Bertz CT molecular complexity index is 402. The second-order valence-corrected chi connectivity index (χ2v) is 2.84. The van der Waals surface area contributed by atoms with Crippen LogP contribution in [-0.4, -0.2) is 17.2 Å². The van der Waals surface area contributed by atoms with Gasteiger partial charge in [0.1, 0.15) is 5.75 Å². The number of cyclic esters (lactones) is 2. The van der Waals surface area contributed by atoms with Crippen molar-refractivity contribution in [2.24, 2.45) is 0 Å². The third kappa shape index (κ3) is 1.28. The highest BCUT2D eigenvalue weighted by Gasteiger charge is 2.35. The summed E-state index contributed by atoms with van der Waals surface area (Å²) in [6.07, 6.45) is -0.789. The number of carbonyl (C=O) groups excluding carboxylic acids is 2. The van der Waals surface area contributed by atoms with Crippen molar-refractivity contribution in [1.29, 1.82) is 0 Å². The zero-order valence-electron chi connectivity index (χ0n) is 7.06. The Morgan fingerprint density at radius 1 is 1.29 bits per heavy atom. The molecule has 1 aromatic carbocycles. The lowest BCUT2D eigenvalue weighted by Crippen LogP contribution is -2.19. The molecular formula is C9H7NO4. The molecule has 72 valence electrons. The minimum atomic E-state index is -0.899. The van der Waals surface area contributed by atoms with Crippen LogP contribution in [0, 0.1) is 0 Å².